The molecule has 1 aromatic heterocycles. The van der Waals surface area contributed by atoms with Gasteiger partial charge >= 0.3 is 5.97 Å². The van der Waals surface area contributed by atoms with Gasteiger partial charge in [-0.15, -0.1) is 0 Å². The van der Waals surface area contributed by atoms with Crippen molar-refractivity contribution in [3.05, 3.63) is 53.3 Å². The van der Waals surface area contributed by atoms with Crippen molar-refractivity contribution in [1.29, 1.82) is 0 Å². The molecule has 0 aliphatic carbocycles. The highest BCUT2D eigenvalue weighted by atomic mass is 35.5. The van der Waals surface area contributed by atoms with E-state index in [9.17, 15) is 4.79 Å². The first-order valence-corrected chi connectivity index (χ1v) is 8.43. The SMILES string of the molecule is CCOC(=O)c1cncc(N2CCN(c3cccc(Cl)c3)CC2)c1. The second-order valence-corrected chi connectivity index (χ2v) is 6.04. The van der Waals surface area contributed by atoms with Gasteiger partial charge in [0.2, 0.25) is 0 Å². The smallest absolute Gasteiger partial charge is 0.339 e. The third-order valence-electron chi connectivity index (χ3n) is 4.05. The number of piperazine rings is 1. The third-order valence-corrected chi connectivity index (χ3v) is 4.29. The lowest BCUT2D eigenvalue weighted by molar-refractivity contribution is 0.0526. The number of benzene rings is 1. The largest absolute Gasteiger partial charge is 0.462 e. The van der Waals surface area contributed by atoms with Crippen molar-refractivity contribution in [2.75, 3.05) is 42.6 Å². The van der Waals surface area contributed by atoms with E-state index in [2.05, 4.69) is 20.9 Å². The second kappa shape index (κ2) is 7.53. The summed E-state index contributed by atoms with van der Waals surface area (Å²) in [5.41, 5.74) is 2.58. The van der Waals surface area contributed by atoms with Crippen LogP contribution in [0.15, 0.2) is 42.7 Å². The topological polar surface area (TPSA) is 45.7 Å². The zero-order valence-electron chi connectivity index (χ0n) is 13.6. The molecule has 0 unspecified atom stereocenters. The summed E-state index contributed by atoms with van der Waals surface area (Å²) < 4.78 is 5.04. The van der Waals surface area contributed by atoms with Crippen LogP contribution in [-0.4, -0.2) is 43.7 Å². The number of esters is 1. The Morgan fingerprint density at radius 2 is 1.83 bits per heavy atom. The summed E-state index contributed by atoms with van der Waals surface area (Å²) in [6.45, 7) is 5.67. The van der Waals surface area contributed by atoms with Gasteiger partial charge in [0.15, 0.2) is 0 Å². The van der Waals surface area contributed by atoms with E-state index in [4.69, 9.17) is 16.3 Å². The van der Waals surface area contributed by atoms with Crippen LogP contribution in [0, 0.1) is 0 Å². The zero-order chi connectivity index (χ0) is 16.9. The molecule has 24 heavy (non-hydrogen) atoms. The summed E-state index contributed by atoms with van der Waals surface area (Å²) in [6.07, 6.45) is 3.33. The molecule has 5 nitrogen and oxygen atoms in total. The molecule has 3 rings (SSSR count). The zero-order valence-corrected chi connectivity index (χ0v) is 14.4. The summed E-state index contributed by atoms with van der Waals surface area (Å²) >= 11 is 6.07. The van der Waals surface area contributed by atoms with Crippen molar-refractivity contribution in [3.63, 3.8) is 0 Å². The molecule has 0 amide bonds. The Bertz CT molecular complexity index is 715. The lowest BCUT2D eigenvalue weighted by atomic mass is 10.2. The van der Waals surface area contributed by atoms with Crippen molar-refractivity contribution >= 4 is 28.9 Å². The number of anilines is 2. The maximum Gasteiger partial charge on any atom is 0.339 e. The average molecular weight is 346 g/mol. The highest BCUT2D eigenvalue weighted by Crippen LogP contribution is 2.23. The van der Waals surface area contributed by atoms with Gasteiger partial charge in [0.05, 0.1) is 24.1 Å². The standard InChI is InChI=1S/C18H20ClN3O2/c1-2-24-18(23)14-10-17(13-20-12-14)22-8-6-21(7-9-22)16-5-3-4-15(19)11-16/h3-5,10-13H,2,6-9H2,1H3. The average Bonchev–Trinajstić information content (AvgIpc) is 2.62. The van der Waals surface area contributed by atoms with Crippen LogP contribution in [0.2, 0.25) is 5.02 Å². The van der Waals surface area contributed by atoms with E-state index in [1.165, 1.54) is 0 Å². The molecule has 1 fully saturated rings. The van der Waals surface area contributed by atoms with Gasteiger partial charge in [-0.3, -0.25) is 4.98 Å². The summed E-state index contributed by atoms with van der Waals surface area (Å²) in [5, 5.41) is 0.751. The van der Waals surface area contributed by atoms with Gasteiger partial charge in [0.1, 0.15) is 0 Å². The molecular formula is C18H20ClN3O2. The van der Waals surface area contributed by atoms with E-state index in [1.807, 2.05) is 24.3 Å². The number of nitrogens with zero attached hydrogens (tertiary/aromatic N) is 3. The molecule has 1 saturated heterocycles. The minimum absolute atomic E-state index is 0.329. The van der Waals surface area contributed by atoms with E-state index >= 15 is 0 Å². The summed E-state index contributed by atoms with van der Waals surface area (Å²) in [4.78, 5) is 20.6. The Morgan fingerprint density at radius 3 is 2.50 bits per heavy atom. The molecule has 1 aromatic carbocycles. The van der Waals surface area contributed by atoms with Crippen LogP contribution in [0.3, 0.4) is 0 Å². The Kier molecular flexibility index (Phi) is 5.20. The number of halogens is 1. The fourth-order valence-corrected chi connectivity index (χ4v) is 3.01. The van der Waals surface area contributed by atoms with Crippen LogP contribution >= 0.6 is 11.6 Å². The van der Waals surface area contributed by atoms with Crippen LogP contribution in [-0.2, 0) is 4.74 Å². The summed E-state index contributed by atoms with van der Waals surface area (Å²) in [6, 6.07) is 9.76. The van der Waals surface area contributed by atoms with Gasteiger partial charge in [-0.1, -0.05) is 17.7 Å². The number of pyridine rings is 1. The van der Waals surface area contributed by atoms with Gasteiger partial charge in [0, 0.05) is 43.1 Å². The number of carbonyl (C=O) groups excluding carboxylic acids is 1. The molecule has 0 saturated carbocycles. The van der Waals surface area contributed by atoms with Gasteiger partial charge in [-0.05, 0) is 31.2 Å². The molecule has 1 aliphatic heterocycles. The summed E-state index contributed by atoms with van der Waals surface area (Å²) in [5.74, 6) is -0.329. The summed E-state index contributed by atoms with van der Waals surface area (Å²) in [7, 11) is 0. The first kappa shape index (κ1) is 16.6. The number of ether oxygens (including phenoxy) is 1. The van der Waals surface area contributed by atoms with Gasteiger partial charge in [0.25, 0.3) is 0 Å². The van der Waals surface area contributed by atoms with Crippen LogP contribution in [0.4, 0.5) is 11.4 Å². The molecule has 126 valence electrons. The number of hydrogen-bond acceptors (Lipinski definition) is 5. The normalized spacial score (nSPS) is 14.6. The van der Waals surface area contributed by atoms with Gasteiger partial charge in [-0.25, -0.2) is 4.79 Å². The van der Waals surface area contributed by atoms with Gasteiger partial charge < -0.3 is 14.5 Å². The minimum atomic E-state index is -0.329. The maximum atomic E-state index is 11.8. The Hall–Kier alpha value is -2.27. The molecule has 2 aromatic rings. The van der Waals surface area contributed by atoms with E-state index in [0.717, 1.165) is 42.6 Å². The van der Waals surface area contributed by atoms with Gasteiger partial charge in [-0.2, -0.15) is 0 Å². The molecular weight excluding hydrogens is 326 g/mol. The predicted octanol–water partition coefficient (Wildman–Crippen LogP) is 3.24. The highest BCUT2D eigenvalue weighted by molar-refractivity contribution is 6.30. The lowest BCUT2D eigenvalue weighted by Crippen LogP contribution is -2.46. The first-order chi connectivity index (χ1) is 11.7. The quantitative estimate of drug-likeness (QED) is 0.796. The maximum absolute atomic E-state index is 11.8. The van der Waals surface area contributed by atoms with Crippen molar-refractivity contribution in [2.45, 2.75) is 6.92 Å². The van der Waals surface area contributed by atoms with E-state index < -0.39 is 0 Å². The number of aromatic nitrogens is 1. The fourth-order valence-electron chi connectivity index (χ4n) is 2.82. The Labute approximate surface area is 146 Å². The third kappa shape index (κ3) is 3.79. The molecule has 6 heteroatoms. The molecule has 0 bridgehead atoms. The Morgan fingerprint density at radius 1 is 1.12 bits per heavy atom. The van der Waals surface area contributed by atoms with Crippen molar-refractivity contribution in [3.8, 4) is 0 Å². The monoisotopic (exact) mass is 345 g/mol. The minimum Gasteiger partial charge on any atom is -0.462 e. The second-order valence-electron chi connectivity index (χ2n) is 5.61. The first-order valence-electron chi connectivity index (χ1n) is 8.05. The Balaban J connectivity index is 1.66. The lowest BCUT2D eigenvalue weighted by Gasteiger charge is -2.37. The van der Waals surface area contributed by atoms with E-state index in [-0.39, 0.29) is 5.97 Å². The number of hydrogen-bond donors (Lipinski definition) is 0. The molecule has 0 radical (unpaired) electrons. The van der Waals surface area contributed by atoms with E-state index in [1.54, 1.807) is 19.3 Å². The van der Waals surface area contributed by atoms with Crippen LogP contribution in [0.25, 0.3) is 0 Å². The molecule has 0 spiro atoms. The number of carbonyl (C=O) groups is 1. The molecule has 1 aliphatic rings. The van der Waals surface area contributed by atoms with Crippen molar-refractivity contribution in [2.24, 2.45) is 0 Å². The van der Waals surface area contributed by atoms with E-state index in [0.29, 0.717) is 12.2 Å². The van der Waals surface area contributed by atoms with Crippen LogP contribution < -0.4 is 9.80 Å². The molecule has 0 atom stereocenters. The fraction of sp³-hybridized carbons (Fsp3) is 0.333. The van der Waals surface area contributed by atoms with Crippen LogP contribution in [0.1, 0.15) is 17.3 Å². The van der Waals surface area contributed by atoms with Crippen LogP contribution in [0.5, 0.6) is 0 Å². The predicted molar refractivity (Wildman–Crippen MR) is 96.1 cm³/mol. The highest BCUT2D eigenvalue weighted by Gasteiger charge is 2.19. The molecule has 0 N–H and O–H groups in total. The van der Waals surface area contributed by atoms with Crippen molar-refractivity contribution < 1.29 is 9.53 Å². The van der Waals surface area contributed by atoms with Crippen molar-refractivity contribution in [1.82, 2.24) is 4.98 Å². The number of rotatable bonds is 4. The molecule has 2 heterocycles.